The first-order valence-electron chi connectivity index (χ1n) is 7.33. The smallest absolute Gasteiger partial charge is 0.252 e. The van der Waals surface area contributed by atoms with Crippen LogP contribution in [0.5, 0.6) is 0 Å². The van der Waals surface area contributed by atoms with E-state index in [4.69, 9.17) is 4.74 Å². The fraction of sp³-hybridized carbons (Fsp3) is 0.929. The van der Waals surface area contributed by atoms with Crippen LogP contribution in [-0.2, 0) is 9.53 Å². The summed E-state index contributed by atoms with van der Waals surface area (Å²) >= 11 is 0. The molecule has 4 heteroatoms. The molecule has 3 fully saturated rings. The number of hydrogen-bond acceptors (Lipinski definition) is 3. The zero-order chi connectivity index (χ0) is 12.6. The Morgan fingerprint density at radius 2 is 2.17 bits per heavy atom. The fourth-order valence-electron chi connectivity index (χ4n) is 3.73. The summed E-state index contributed by atoms with van der Waals surface area (Å²) in [5.74, 6) is 1.72. The van der Waals surface area contributed by atoms with Gasteiger partial charge in [-0.25, -0.2) is 0 Å². The number of nitrogens with one attached hydrogen (secondary N) is 2. The maximum Gasteiger partial charge on any atom is 0.252 e. The van der Waals surface area contributed by atoms with Crippen molar-refractivity contribution in [3.8, 4) is 0 Å². The van der Waals surface area contributed by atoms with Gasteiger partial charge in [0, 0.05) is 12.6 Å². The fourth-order valence-corrected chi connectivity index (χ4v) is 3.73. The van der Waals surface area contributed by atoms with Crippen molar-refractivity contribution in [2.24, 2.45) is 11.8 Å². The molecule has 1 saturated carbocycles. The second kappa shape index (κ2) is 4.82. The molecule has 2 aliphatic heterocycles. The lowest BCUT2D eigenvalue weighted by Gasteiger charge is -2.33. The number of carbonyl (C=O) groups excluding carboxylic acids is 1. The average Bonchev–Trinajstić information content (AvgIpc) is 2.98. The first-order valence-corrected chi connectivity index (χ1v) is 7.33. The predicted octanol–water partition coefficient (Wildman–Crippen LogP) is 1.06. The number of rotatable bonds is 2. The Kier molecular flexibility index (Phi) is 3.32. The molecule has 1 aliphatic carbocycles. The highest BCUT2D eigenvalue weighted by molar-refractivity contribution is 5.85. The van der Waals surface area contributed by atoms with E-state index in [0.29, 0.717) is 6.04 Å². The molecule has 0 bridgehead atoms. The largest absolute Gasteiger partial charge is 0.365 e. The van der Waals surface area contributed by atoms with E-state index in [0.717, 1.165) is 50.7 Å². The third-order valence-electron chi connectivity index (χ3n) is 4.99. The lowest BCUT2D eigenvalue weighted by atomic mass is 9.79. The van der Waals surface area contributed by atoms with Gasteiger partial charge in [0.1, 0.15) is 5.60 Å². The molecule has 0 aromatic rings. The van der Waals surface area contributed by atoms with E-state index in [9.17, 15) is 4.79 Å². The second-order valence-electron chi connectivity index (χ2n) is 6.34. The molecule has 2 unspecified atom stereocenters. The number of amides is 1. The maximum atomic E-state index is 12.3. The molecule has 2 heterocycles. The van der Waals surface area contributed by atoms with E-state index in [1.54, 1.807) is 0 Å². The van der Waals surface area contributed by atoms with Gasteiger partial charge in [-0.15, -0.1) is 0 Å². The minimum absolute atomic E-state index is 0.106. The molecule has 0 aromatic carbocycles. The Balaban J connectivity index is 1.55. The molecule has 2 saturated heterocycles. The van der Waals surface area contributed by atoms with Crippen LogP contribution >= 0.6 is 0 Å². The third kappa shape index (κ3) is 2.28. The molecular weight excluding hydrogens is 228 g/mol. The van der Waals surface area contributed by atoms with Crippen LogP contribution in [0.15, 0.2) is 0 Å². The van der Waals surface area contributed by atoms with Gasteiger partial charge in [0.25, 0.3) is 5.91 Å². The first-order chi connectivity index (χ1) is 8.67. The number of carbonyl (C=O) groups is 1. The summed E-state index contributed by atoms with van der Waals surface area (Å²) in [4.78, 5) is 12.3. The van der Waals surface area contributed by atoms with Gasteiger partial charge in [0.15, 0.2) is 0 Å². The first kappa shape index (κ1) is 12.4. The van der Waals surface area contributed by atoms with Crippen LogP contribution in [0, 0.1) is 11.8 Å². The standard InChI is InChI=1S/C14H24N2O2/c1-14(5-2-6-18-14)13(17)16-12-4-3-10-8-15-9-11(10)7-12/h10-12,15H,2-9H2,1H3,(H,16,17)/t10-,11+,12?,14?/m0/s1. The van der Waals surface area contributed by atoms with Crippen molar-refractivity contribution in [3.05, 3.63) is 0 Å². The normalized spacial score (nSPS) is 43.7. The lowest BCUT2D eigenvalue weighted by molar-refractivity contribution is -0.140. The topological polar surface area (TPSA) is 50.4 Å². The molecule has 0 spiro atoms. The van der Waals surface area contributed by atoms with Gasteiger partial charge in [0.2, 0.25) is 0 Å². The van der Waals surface area contributed by atoms with Gasteiger partial charge in [-0.1, -0.05) is 0 Å². The van der Waals surface area contributed by atoms with Crippen LogP contribution in [0.3, 0.4) is 0 Å². The summed E-state index contributed by atoms with van der Waals surface area (Å²) in [6, 6.07) is 0.361. The molecule has 1 amide bonds. The summed E-state index contributed by atoms with van der Waals surface area (Å²) in [6.07, 6.45) is 5.38. The molecule has 3 rings (SSSR count). The van der Waals surface area contributed by atoms with Crippen molar-refractivity contribution in [2.75, 3.05) is 19.7 Å². The van der Waals surface area contributed by atoms with E-state index in [1.807, 2.05) is 6.92 Å². The molecule has 4 nitrogen and oxygen atoms in total. The molecule has 2 N–H and O–H groups in total. The Labute approximate surface area is 109 Å². The summed E-state index contributed by atoms with van der Waals surface area (Å²) in [6.45, 7) is 4.96. The highest BCUT2D eigenvalue weighted by Gasteiger charge is 2.40. The van der Waals surface area contributed by atoms with Crippen LogP contribution < -0.4 is 10.6 Å². The number of ether oxygens (including phenoxy) is 1. The maximum absolute atomic E-state index is 12.3. The van der Waals surface area contributed by atoms with Gasteiger partial charge in [-0.2, -0.15) is 0 Å². The molecule has 0 radical (unpaired) electrons. The number of fused-ring (bicyclic) bond motifs is 1. The van der Waals surface area contributed by atoms with Crippen LogP contribution in [-0.4, -0.2) is 37.2 Å². The van der Waals surface area contributed by atoms with E-state index < -0.39 is 5.60 Å². The molecule has 0 aromatic heterocycles. The predicted molar refractivity (Wildman–Crippen MR) is 69.2 cm³/mol. The van der Waals surface area contributed by atoms with Crippen molar-refractivity contribution in [1.29, 1.82) is 0 Å². The van der Waals surface area contributed by atoms with Crippen LogP contribution in [0.1, 0.15) is 39.0 Å². The molecule has 102 valence electrons. The minimum Gasteiger partial charge on any atom is -0.365 e. The van der Waals surface area contributed by atoms with Gasteiger partial charge in [-0.3, -0.25) is 4.79 Å². The van der Waals surface area contributed by atoms with Crippen molar-refractivity contribution >= 4 is 5.91 Å². The Bertz CT molecular complexity index is 326. The van der Waals surface area contributed by atoms with Crippen molar-refractivity contribution in [3.63, 3.8) is 0 Å². The van der Waals surface area contributed by atoms with Crippen molar-refractivity contribution < 1.29 is 9.53 Å². The summed E-state index contributed by atoms with van der Waals surface area (Å²) < 4.78 is 5.61. The minimum atomic E-state index is -0.565. The van der Waals surface area contributed by atoms with Gasteiger partial charge in [0.05, 0.1) is 0 Å². The SMILES string of the molecule is CC1(C(=O)NC2CC[C@H]3CNC[C@H]3C2)CCCO1. The summed E-state index contributed by atoms with van der Waals surface area (Å²) in [7, 11) is 0. The van der Waals surface area contributed by atoms with E-state index in [-0.39, 0.29) is 5.91 Å². The molecule has 4 atom stereocenters. The molecule has 18 heavy (non-hydrogen) atoms. The Hall–Kier alpha value is -0.610. The van der Waals surface area contributed by atoms with E-state index in [2.05, 4.69) is 10.6 Å². The second-order valence-corrected chi connectivity index (χ2v) is 6.34. The average molecular weight is 252 g/mol. The highest BCUT2D eigenvalue weighted by atomic mass is 16.5. The summed E-state index contributed by atoms with van der Waals surface area (Å²) in [5, 5.41) is 6.69. The van der Waals surface area contributed by atoms with E-state index >= 15 is 0 Å². The van der Waals surface area contributed by atoms with Crippen molar-refractivity contribution in [2.45, 2.75) is 50.7 Å². The zero-order valence-corrected chi connectivity index (χ0v) is 11.2. The van der Waals surface area contributed by atoms with Gasteiger partial charge >= 0.3 is 0 Å². The Morgan fingerprint density at radius 1 is 1.33 bits per heavy atom. The lowest BCUT2D eigenvalue weighted by Crippen LogP contribution is -2.50. The van der Waals surface area contributed by atoms with Gasteiger partial charge < -0.3 is 15.4 Å². The highest BCUT2D eigenvalue weighted by Crippen LogP contribution is 2.33. The third-order valence-corrected chi connectivity index (χ3v) is 4.99. The Morgan fingerprint density at radius 3 is 2.94 bits per heavy atom. The molecule has 3 aliphatic rings. The van der Waals surface area contributed by atoms with Crippen LogP contribution in [0.4, 0.5) is 0 Å². The summed E-state index contributed by atoms with van der Waals surface area (Å²) in [5.41, 5.74) is -0.565. The van der Waals surface area contributed by atoms with Gasteiger partial charge in [-0.05, 0) is 64.0 Å². The van der Waals surface area contributed by atoms with E-state index in [1.165, 1.54) is 13.0 Å². The van der Waals surface area contributed by atoms with Crippen molar-refractivity contribution in [1.82, 2.24) is 10.6 Å². The number of hydrogen-bond donors (Lipinski definition) is 2. The monoisotopic (exact) mass is 252 g/mol. The van der Waals surface area contributed by atoms with Crippen LogP contribution in [0.25, 0.3) is 0 Å². The molecular formula is C14H24N2O2. The van der Waals surface area contributed by atoms with Crippen LogP contribution in [0.2, 0.25) is 0 Å². The zero-order valence-electron chi connectivity index (χ0n) is 11.2. The quantitative estimate of drug-likeness (QED) is 0.772.